The van der Waals surface area contributed by atoms with Crippen molar-refractivity contribution in [3.05, 3.63) is 88.3 Å². The number of thioether (sulfide) groups is 1. The number of carboxylic acid groups (broad SMARTS) is 1. The van der Waals surface area contributed by atoms with E-state index in [1.54, 1.807) is 51.5 Å². The maximum absolute atomic E-state index is 13.4. The van der Waals surface area contributed by atoms with Gasteiger partial charge < -0.3 is 41.1 Å². The molecule has 3 aromatic rings. The van der Waals surface area contributed by atoms with E-state index in [4.69, 9.17) is 10.6 Å². The van der Waals surface area contributed by atoms with Gasteiger partial charge in [-0.15, -0.1) is 23.1 Å². The number of nitrogens with one attached hydrogen (secondary N) is 2. The number of pyridine rings is 1. The molecule has 16 nitrogen and oxygen atoms in total. The van der Waals surface area contributed by atoms with E-state index in [-0.39, 0.29) is 63.8 Å². The number of aliphatic carboxylic acids is 1. The Kier molecular flexibility index (Phi) is 10.6. The molecular formula is C36H36N8O8S2. The molecule has 0 spiro atoms. The second-order valence-corrected chi connectivity index (χ2v) is 15.2. The highest BCUT2D eigenvalue weighted by molar-refractivity contribution is 8.00. The number of oxime groups is 1. The molecular weight excluding hydrogens is 737 g/mol. The summed E-state index contributed by atoms with van der Waals surface area (Å²) in [4.78, 5) is 77.6. The molecule has 1 aliphatic carbocycles. The van der Waals surface area contributed by atoms with Gasteiger partial charge in [0.2, 0.25) is 12.5 Å². The molecule has 0 radical (unpaired) electrons. The molecule has 0 unspecified atom stereocenters. The Morgan fingerprint density at radius 3 is 2.65 bits per heavy atom. The standard InChI is InChI=1S/C36H36N8O8S2/c37-36-39-26(19-54-36)28(41-52-25-6-1-2-7-25)31(47)40-29-33(49)44-30(35(50)51)22(18-53-34(29)44)14-21-10-13-43(32(21)48)16-20-8-11-42(12-9-20)17-27(46)38-23-4-3-5-24(45)15-23/h3-5,8-9,11-12,14-15,19,25,29,34H,1-2,6-7,10,13,16-18H2,(H5-,37,38,39,40,45,46,47,50,51)/b21-14+,41-28-/t29-,34-/m1/s1. The lowest BCUT2D eigenvalue weighted by atomic mass is 10.0. The van der Waals surface area contributed by atoms with Crippen molar-refractivity contribution in [2.45, 2.75) is 62.7 Å². The number of amides is 4. The van der Waals surface area contributed by atoms with Gasteiger partial charge >= 0.3 is 0 Å². The number of aromatic hydroxyl groups is 1. The highest BCUT2D eigenvalue weighted by atomic mass is 32.2. The molecule has 5 heterocycles. The van der Waals surface area contributed by atoms with Crippen LogP contribution in [0.4, 0.5) is 10.8 Å². The minimum Gasteiger partial charge on any atom is -0.543 e. The quantitative estimate of drug-likeness (QED) is 0.0662. The number of allylic oxidation sites excluding steroid dienone is 1. The van der Waals surface area contributed by atoms with Gasteiger partial charge in [-0.3, -0.25) is 24.1 Å². The molecule has 1 aromatic carbocycles. The number of β-lactam (4-membered cyclic amide) rings is 1. The molecule has 4 aliphatic rings. The van der Waals surface area contributed by atoms with Crippen LogP contribution in [0.25, 0.3) is 0 Å². The van der Waals surface area contributed by atoms with E-state index in [0.29, 0.717) is 30.8 Å². The zero-order chi connectivity index (χ0) is 37.9. The second kappa shape index (κ2) is 15.7. The van der Waals surface area contributed by atoms with Crippen LogP contribution in [-0.2, 0) is 41.9 Å². The van der Waals surface area contributed by atoms with Crippen LogP contribution in [0.15, 0.2) is 82.2 Å². The fraction of sp³-hybridized carbons (Fsp3) is 0.333. The van der Waals surface area contributed by atoms with Crippen molar-refractivity contribution in [3.63, 3.8) is 0 Å². The third-order valence-electron chi connectivity index (χ3n) is 9.40. The first-order valence-electron chi connectivity index (χ1n) is 17.3. The van der Waals surface area contributed by atoms with Gasteiger partial charge in [-0.25, -0.2) is 4.98 Å². The number of rotatable bonds is 12. The largest absolute Gasteiger partial charge is 0.543 e. The lowest BCUT2D eigenvalue weighted by Gasteiger charge is -2.50. The number of nitrogen functional groups attached to an aromatic ring is 1. The molecule has 0 bridgehead atoms. The summed E-state index contributed by atoms with van der Waals surface area (Å²) in [6, 6.07) is 8.83. The highest BCUT2D eigenvalue weighted by Gasteiger charge is 2.53. The lowest BCUT2D eigenvalue weighted by Crippen LogP contribution is -2.71. The van der Waals surface area contributed by atoms with E-state index in [0.717, 1.165) is 47.5 Å². The molecule has 4 amide bonds. The van der Waals surface area contributed by atoms with Crippen molar-refractivity contribution in [1.29, 1.82) is 0 Å². The molecule has 1 saturated carbocycles. The van der Waals surface area contributed by atoms with Crippen molar-refractivity contribution in [1.82, 2.24) is 20.1 Å². The maximum Gasteiger partial charge on any atom is 0.290 e. The van der Waals surface area contributed by atoms with Crippen LogP contribution < -0.4 is 26.0 Å². The summed E-state index contributed by atoms with van der Waals surface area (Å²) in [6.45, 7) is 0.747. The molecule has 2 atom stereocenters. The van der Waals surface area contributed by atoms with Gasteiger partial charge in [0.05, 0.1) is 11.7 Å². The third kappa shape index (κ3) is 7.93. The van der Waals surface area contributed by atoms with Crippen LogP contribution in [0.2, 0.25) is 0 Å². The Balaban J connectivity index is 0.982. The number of thiazole rings is 1. The summed E-state index contributed by atoms with van der Waals surface area (Å²) < 4.78 is 1.68. The minimum absolute atomic E-state index is 0.0413. The third-order valence-corrected chi connectivity index (χ3v) is 11.4. The monoisotopic (exact) mass is 772 g/mol. The number of carbonyl (C=O) groups excluding carboxylic acids is 5. The van der Waals surface area contributed by atoms with Gasteiger partial charge in [0, 0.05) is 53.7 Å². The fourth-order valence-electron chi connectivity index (χ4n) is 6.71. The van der Waals surface area contributed by atoms with Gasteiger partial charge in [-0.2, -0.15) is 4.57 Å². The SMILES string of the molecule is Nc1nc(/C(=N/OC2CCCC2)C(=O)N[C@@H]2C(=O)N3C(C(=O)[O-])=C(/C=C4\CCN(Cc5cc[n+](CC(=O)Nc6cccc(O)c6)cc5)C4=O)CS[C@H]23)cs1. The number of benzene rings is 1. The van der Waals surface area contributed by atoms with Gasteiger partial charge in [0.1, 0.15) is 29.0 Å². The molecule has 7 rings (SSSR count). The zero-order valence-corrected chi connectivity index (χ0v) is 30.4. The van der Waals surface area contributed by atoms with Gasteiger partial charge in [0.15, 0.2) is 23.2 Å². The van der Waals surface area contributed by atoms with Crippen LogP contribution in [0.1, 0.15) is 43.4 Å². The van der Waals surface area contributed by atoms with E-state index in [2.05, 4.69) is 20.8 Å². The summed E-state index contributed by atoms with van der Waals surface area (Å²) in [5, 5.41) is 32.6. The number of nitrogens with two attached hydrogens (primary N) is 1. The Morgan fingerprint density at radius 2 is 1.94 bits per heavy atom. The average molecular weight is 773 g/mol. The number of hydrogen-bond donors (Lipinski definition) is 4. The van der Waals surface area contributed by atoms with Crippen molar-refractivity contribution < 1.29 is 43.6 Å². The smallest absolute Gasteiger partial charge is 0.290 e. The molecule has 2 aromatic heterocycles. The van der Waals surface area contributed by atoms with E-state index in [9.17, 15) is 34.2 Å². The van der Waals surface area contributed by atoms with Crippen LogP contribution in [-0.4, -0.2) is 85.0 Å². The lowest BCUT2D eigenvalue weighted by molar-refractivity contribution is -0.684. The van der Waals surface area contributed by atoms with E-state index in [1.807, 2.05) is 0 Å². The number of anilines is 2. The van der Waals surface area contributed by atoms with Gasteiger partial charge in [-0.05, 0) is 61.4 Å². The van der Waals surface area contributed by atoms with Gasteiger partial charge in [0.25, 0.3) is 17.7 Å². The minimum atomic E-state index is -1.56. The number of hydrogen-bond acceptors (Lipinski definition) is 13. The number of carbonyl (C=O) groups is 5. The van der Waals surface area contributed by atoms with Crippen molar-refractivity contribution in [3.8, 4) is 5.75 Å². The van der Waals surface area contributed by atoms with Crippen LogP contribution in [0.5, 0.6) is 5.75 Å². The molecule has 3 aliphatic heterocycles. The number of phenols is 1. The molecule has 18 heteroatoms. The van der Waals surface area contributed by atoms with E-state index < -0.39 is 29.2 Å². The van der Waals surface area contributed by atoms with Crippen molar-refractivity contribution in [2.75, 3.05) is 23.3 Å². The predicted molar refractivity (Wildman–Crippen MR) is 195 cm³/mol. The Bertz CT molecular complexity index is 2090. The molecule has 280 valence electrons. The fourth-order valence-corrected chi connectivity index (χ4v) is 8.56. The summed E-state index contributed by atoms with van der Waals surface area (Å²) in [7, 11) is 0. The number of carboxylic acids is 1. The zero-order valence-electron chi connectivity index (χ0n) is 28.8. The average Bonchev–Trinajstić information content (AvgIpc) is 3.90. The maximum atomic E-state index is 13.4. The normalized spacial score (nSPS) is 21.0. The number of likely N-dealkylation sites (tertiary alicyclic amines) is 1. The molecule has 2 saturated heterocycles. The molecule has 5 N–H and O–H groups in total. The van der Waals surface area contributed by atoms with Crippen LogP contribution >= 0.6 is 23.1 Å². The first kappa shape index (κ1) is 36.6. The highest BCUT2D eigenvalue weighted by Crippen LogP contribution is 2.41. The van der Waals surface area contributed by atoms with E-state index in [1.165, 1.54) is 30.0 Å². The Labute approximate surface area is 317 Å². The van der Waals surface area contributed by atoms with Crippen LogP contribution in [0, 0.1) is 0 Å². The number of phenolic OH excluding ortho intramolecular Hbond substituents is 1. The molecule has 54 heavy (non-hydrogen) atoms. The summed E-state index contributed by atoms with van der Waals surface area (Å²) in [5.41, 5.74) is 7.52. The Hall–Kier alpha value is -5.75. The topological polar surface area (TPSA) is 224 Å². The number of aromatic nitrogens is 2. The second-order valence-electron chi connectivity index (χ2n) is 13.2. The predicted octanol–water partition coefficient (Wildman–Crippen LogP) is 0.783. The van der Waals surface area contributed by atoms with Gasteiger partial charge in [-0.1, -0.05) is 11.2 Å². The van der Waals surface area contributed by atoms with Crippen molar-refractivity contribution >= 4 is 69.2 Å². The summed E-state index contributed by atoms with van der Waals surface area (Å²) >= 11 is 2.39. The van der Waals surface area contributed by atoms with Crippen LogP contribution in [0.3, 0.4) is 0 Å². The van der Waals surface area contributed by atoms with Crippen molar-refractivity contribution in [2.24, 2.45) is 5.16 Å². The summed E-state index contributed by atoms with van der Waals surface area (Å²) in [6.07, 6.45) is 8.85. The Morgan fingerprint density at radius 1 is 1.17 bits per heavy atom. The van der Waals surface area contributed by atoms with E-state index >= 15 is 0 Å². The first-order chi connectivity index (χ1) is 26.0. The molecule has 3 fully saturated rings. The first-order valence-corrected chi connectivity index (χ1v) is 19.2. The number of fused-ring (bicyclic) bond motifs is 1. The summed E-state index contributed by atoms with van der Waals surface area (Å²) in [5.74, 6) is -3.24. The number of nitrogens with zero attached hydrogens (tertiary/aromatic N) is 5.